The van der Waals surface area contributed by atoms with Crippen molar-refractivity contribution in [2.75, 3.05) is 23.5 Å². The summed E-state index contributed by atoms with van der Waals surface area (Å²) in [5, 5.41) is 9.16. The van der Waals surface area contributed by atoms with Gasteiger partial charge in [-0.2, -0.15) is 0 Å². The lowest BCUT2D eigenvalue weighted by Crippen LogP contribution is -2.50. The van der Waals surface area contributed by atoms with Gasteiger partial charge in [0.1, 0.15) is 11.8 Å². The number of nitrogens with zero attached hydrogens (tertiary/aromatic N) is 1. The van der Waals surface area contributed by atoms with Crippen molar-refractivity contribution in [3.05, 3.63) is 24.3 Å². The molecule has 0 spiro atoms. The molecule has 1 saturated heterocycles. The van der Waals surface area contributed by atoms with E-state index in [4.69, 9.17) is 9.84 Å². The molecule has 18 heavy (non-hydrogen) atoms. The first-order chi connectivity index (χ1) is 8.63. The van der Waals surface area contributed by atoms with Gasteiger partial charge in [-0.15, -0.1) is 11.8 Å². The average Bonchev–Trinajstić information content (AvgIpc) is 2.38. The molecule has 5 nitrogen and oxygen atoms in total. The lowest BCUT2D eigenvalue weighted by Gasteiger charge is -2.32. The molecule has 96 valence electrons. The standard InChI is InChI=1S/C12H13NO4S/c1-17-9-4-2-8(3-5-9)13-10(12(15)16)6-18-7-11(13)14/h2-5,10H,6-7H2,1H3,(H,15,16). The number of amides is 1. The Morgan fingerprint density at radius 2 is 2.11 bits per heavy atom. The topological polar surface area (TPSA) is 66.8 Å². The van der Waals surface area contributed by atoms with E-state index < -0.39 is 12.0 Å². The van der Waals surface area contributed by atoms with Gasteiger partial charge in [0.05, 0.1) is 12.9 Å². The molecule has 0 radical (unpaired) electrons. The van der Waals surface area contributed by atoms with Gasteiger partial charge in [0.25, 0.3) is 0 Å². The Balaban J connectivity index is 2.31. The number of hydrogen-bond donors (Lipinski definition) is 1. The van der Waals surface area contributed by atoms with Crippen LogP contribution in [-0.4, -0.2) is 41.6 Å². The highest BCUT2D eigenvalue weighted by atomic mass is 32.2. The Hall–Kier alpha value is -1.69. The van der Waals surface area contributed by atoms with Gasteiger partial charge < -0.3 is 9.84 Å². The number of carboxylic acids is 1. The third-order valence-corrected chi connectivity index (χ3v) is 3.72. The highest BCUT2D eigenvalue weighted by Gasteiger charge is 2.34. The Kier molecular flexibility index (Phi) is 3.76. The van der Waals surface area contributed by atoms with Crippen LogP contribution in [-0.2, 0) is 9.59 Å². The summed E-state index contributed by atoms with van der Waals surface area (Å²) >= 11 is 1.35. The number of thioether (sulfide) groups is 1. The average molecular weight is 267 g/mol. The summed E-state index contributed by atoms with van der Waals surface area (Å²) in [7, 11) is 1.55. The number of benzene rings is 1. The van der Waals surface area contributed by atoms with Crippen LogP contribution in [0.2, 0.25) is 0 Å². The molecule has 1 aliphatic rings. The molecule has 1 aromatic rings. The van der Waals surface area contributed by atoms with Crippen LogP contribution in [0.15, 0.2) is 24.3 Å². The number of methoxy groups -OCH3 is 1. The molecule has 1 aromatic carbocycles. The first-order valence-electron chi connectivity index (χ1n) is 5.40. The molecular weight excluding hydrogens is 254 g/mol. The van der Waals surface area contributed by atoms with Crippen LogP contribution in [0.25, 0.3) is 0 Å². The molecule has 1 unspecified atom stereocenters. The predicted molar refractivity (Wildman–Crippen MR) is 69.2 cm³/mol. The quantitative estimate of drug-likeness (QED) is 0.892. The molecule has 1 N–H and O–H groups in total. The van der Waals surface area contributed by atoms with Gasteiger partial charge in [-0.1, -0.05) is 0 Å². The summed E-state index contributed by atoms with van der Waals surface area (Å²) in [6, 6.07) is 6.02. The van der Waals surface area contributed by atoms with Crippen LogP contribution in [0.1, 0.15) is 0 Å². The Morgan fingerprint density at radius 3 is 2.67 bits per heavy atom. The normalized spacial score (nSPS) is 19.7. The highest BCUT2D eigenvalue weighted by molar-refractivity contribution is 8.00. The third kappa shape index (κ3) is 2.43. The third-order valence-electron chi connectivity index (χ3n) is 2.72. The summed E-state index contributed by atoms with van der Waals surface area (Å²) in [4.78, 5) is 24.4. The second-order valence-electron chi connectivity index (χ2n) is 3.83. The van der Waals surface area contributed by atoms with Crippen LogP contribution < -0.4 is 9.64 Å². The Bertz CT molecular complexity index is 460. The predicted octanol–water partition coefficient (Wildman–Crippen LogP) is 1.23. The van der Waals surface area contributed by atoms with E-state index in [1.165, 1.54) is 16.7 Å². The van der Waals surface area contributed by atoms with Crippen LogP contribution in [0.4, 0.5) is 5.69 Å². The van der Waals surface area contributed by atoms with Crippen molar-refractivity contribution in [3.8, 4) is 5.75 Å². The molecule has 1 heterocycles. The van der Waals surface area contributed by atoms with Gasteiger partial charge in [0, 0.05) is 11.4 Å². The number of hydrogen-bond acceptors (Lipinski definition) is 4. The molecule has 0 saturated carbocycles. The zero-order chi connectivity index (χ0) is 13.1. The van der Waals surface area contributed by atoms with E-state index in [2.05, 4.69) is 0 Å². The van der Waals surface area contributed by atoms with Crippen molar-refractivity contribution in [3.63, 3.8) is 0 Å². The number of rotatable bonds is 3. The van der Waals surface area contributed by atoms with Crippen LogP contribution in [0, 0.1) is 0 Å². The van der Waals surface area contributed by atoms with Crippen LogP contribution >= 0.6 is 11.8 Å². The van der Waals surface area contributed by atoms with Gasteiger partial charge in [-0.3, -0.25) is 9.69 Å². The van der Waals surface area contributed by atoms with Gasteiger partial charge in [-0.05, 0) is 24.3 Å². The van der Waals surface area contributed by atoms with Crippen LogP contribution in [0.5, 0.6) is 5.75 Å². The van der Waals surface area contributed by atoms with Gasteiger partial charge >= 0.3 is 5.97 Å². The van der Waals surface area contributed by atoms with E-state index in [0.29, 0.717) is 22.9 Å². The number of aliphatic carboxylic acids is 1. The van der Waals surface area contributed by atoms with E-state index in [9.17, 15) is 9.59 Å². The Labute approximate surface area is 109 Å². The van der Waals surface area contributed by atoms with E-state index in [1.54, 1.807) is 31.4 Å². The first-order valence-corrected chi connectivity index (χ1v) is 6.55. The fourth-order valence-electron chi connectivity index (χ4n) is 1.82. The molecule has 0 aromatic heterocycles. The van der Waals surface area contributed by atoms with Crippen LogP contribution in [0.3, 0.4) is 0 Å². The molecule has 0 aliphatic carbocycles. The molecule has 1 atom stereocenters. The number of carbonyl (C=O) groups is 2. The van der Waals surface area contributed by atoms with E-state index in [0.717, 1.165) is 0 Å². The first kappa shape index (κ1) is 12.8. The van der Waals surface area contributed by atoms with Crippen molar-refractivity contribution >= 4 is 29.3 Å². The second kappa shape index (κ2) is 5.30. The maximum absolute atomic E-state index is 11.9. The maximum atomic E-state index is 11.9. The summed E-state index contributed by atoms with van der Waals surface area (Å²) < 4.78 is 5.03. The zero-order valence-electron chi connectivity index (χ0n) is 9.83. The van der Waals surface area contributed by atoms with Crippen molar-refractivity contribution < 1.29 is 19.4 Å². The summed E-state index contributed by atoms with van der Waals surface area (Å²) in [6.07, 6.45) is 0. The van der Waals surface area contributed by atoms with E-state index in [1.807, 2.05) is 0 Å². The molecule has 2 rings (SSSR count). The molecule has 1 aliphatic heterocycles. The van der Waals surface area contributed by atoms with Crippen molar-refractivity contribution in [2.24, 2.45) is 0 Å². The maximum Gasteiger partial charge on any atom is 0.327 e. The minimum atomic E-state index is -0.980. The highest BCUT2D eigenvalue weighted by Crippen LogP contribution is 2.26. The monoisotopic (exact) mass is 267 g/mol. The van der Waals surface area contributed by atoms with Crippen molar-refractivity contribution in [1.29, 1.82) is 0 Å². The van der Waals surface area contributed by atoms with Gasteiger partial charge in [-0.25, -0.2) is 4.79 Å². The Morgan fingerprint density at radius 1 is 1.44 bits per heavy atom. The number of ether oxygens (including phenoxy) is 1. The number of carboxylic acid groups (broad SMARTS) is 1. The summed E-state index contributed by atoms with van der Waals surface area (Å²) in [5.41, 5.74) is 0.591. The van der Waals surface area contributed by atoms with Gasteiger partial charge in [0.2, 0.25) is 5.91 Å². The van der Waals surface area contributed by atoms with Gasteiger partial charge in [0.15, 0.2) is 0 Å². The zero-order valence-corrected chi connectivity index (χ0v) is 10.6. The van der Waals surface area contributed by atoms with Crippen molar-refractivity contribution in [1.82, 2.24) is 0 Å². The summed E-state index contributed by atoms with van der Waals surface area (Å²) in [5.74, 6) is 0.239. The molecular formula is C12H13NO4S. The molecule has 6 heteroatoms. The molecule has 0 bridgehead atoms. The van der Waals surface area contributed by atoms with Crippen molar-refractivity contribution in [2.45, 2.75) is 6.04 Å². The second-order valence-corrected chi connectivity index (χ2v) is 4.86. The molecule has 1 fully saturated rings. The smallest absolute Gasteiger partial charge is 0.327 e. The molecule has 1 amide bonds. The van der Waals surface area contributed by atoms with E-state index >= 15 is 0 Å². The minimum Gasteiger partial charge on any atom is -0.497 e. The minimum absolute atomic E-state index is 0.177. The SMILES string of the molecule is COc1ccc(N2C(=O)CSCC2C(=O)O)cc1. The lowest BCUT2D eigenvalue weighted by atomic mass is 10.2. The number of carbonyl (C=O) groups excluding carboxylic acids is 1. The number of anilines is 1. The fourth-order valence-corrected chi connectivity index (χ4v) is 2.77. The van der Waals surface area contributed by atoms with E-state index in [-0.39, 0.29) is 5.91 Å². The fraction of sp³-hybridized carbons (Fsp3) is 0.333. The lowest BCUT2D eigenvalue weighted by molar-refractivity contribution is -0.139. The summed E-state index contributed by atoms with van der Waals surface area (Å²) in [6.45, 7) is 0. The largest absolute Gasteiger partial charge is 0.497 e.